The maximum Gasteiger partial charge on any atom is 0.0849 e. The fourth-order valence-corrected chi connectivity index (χ4v) is 3.20. The van der Waals surface area contributed by atoms with Gasteiger partial charge in [0, 0.05) is 11.5 Å². The van der Waals surface area contributed by atoms with Gasteiger partial charge in [-0.3, -0.25) is 0 Å². The highest BCUT2D eigenvalue weighted by atomic mass is 32.1. The summed E-state index contributed by atoms with van der Waals surface area (Å²) in [5.41, 5.74) is 1.34. The van der Waals surface area contributed by atoms with Gasteiger partial charge in [-0.05, 0) is 50.7 Å². The van der Waals surface area contributed by atoms with Gasteiger partial charge < -0.3 is 10.1 Å². The van der Waals surface area contributed by atoms with Crippen LogP contribution in [0.5, 0.6) is 0 Å². The molecule has 0 radical (unpaired) electrons. The second-order valence-electron chi connectivity index (χ2n) is 4.48. The molecule has 0 saturated carbocycles. The van der Waals surface area contributed by atoms with Crippen LogP contribution in [0.2, 0.25) is 0 Å². The van der Waals surface area contributed by atoms with E-state index in [0.29, 0.717) is 6.04 Å². The third-order valence-electron chi connectivity index (χ3n) is 3.23. The molecular weight excluding hydrogens is 206 g/mol. The second kappa shape index (κ2) is 4.24. The number of thiophene rings is 1. The maximum absolute atomic E-state index is 5.90. The highest BCUT2D eigenvalue weighted by molar-refractivity contribution is 7.10. The summed E-state index contributed by atoms with van der Waals surface area (Å²) in [5.74, 6) is 0. The van der Waals surface area contributed by atoms with E-state index in [2.05, 4.69) is 30.6 Å². The van der Waals surface area contributed by atoms with E-state index in [1.54, 1.807) is 0 Å². The van der Waals surface area contributed by atoms with Gasteiger partial charge in [-0.15, -0.1) is 11.3 Å². The topological polar surface area (TPSA) is 21.3 Å². The smallest absolute Gasteiger partial charge is 0.0849 e. The Morgan fingerprint density at radius 3 is 2.87 bits per heavy atom. The molecule has 1 aromatic rings. The van der Waals surface area contributed by atoms with Gasteiger partial charge in [-0.1, -0.05) is 0 Å². The van der Waals surface area contributed by atoms with E-state index >= 15 is 0 Å². The van der Waals surface area contributed by atoms with Gasteiger partial charge >= 0.3 is 0 Å². The van der Waals surface area contributed by atoms with Gasteiger partial charge in [0.2, 0.25) is 0 Å². The second-order valence-corrected chi connectivity index (χ2v) is 5.59. The Labute approximate surface area is 95.6 Å². The molecule has 3 heteroatoms. The molecule has 2 nitrogen and oxygen atoms in total. The Hall–Kier alpha value is -0.380. The summed E-state index contributed by atoms with van der Waals surface area (Å²) in [6.45, 7) is 5.27. The minimum Gasteiger partial charge on any atom is -0.373 e. The van der Waals surface area contributed by atoms with Crippen LogP contribution in [0.4, 0.5) is 0 Å². The summed E-state index contributed by atoms with van der Waals surface area (Å²) < 4.78 is 5.90. The van der Waals surface area contributed by atoms with E-state index in [-0.39, 0.29) is 5.60 Å². The number of aryl methyl sites for hydroxylation is 1. The number of hydrogen-bond donors (Lipinski definition) is 1. The van der Waals surface area contributed by atoms with Crippen molar-refractivity contribution in [1.29, 1.82) is 0 Å². The Kier molecular flexibility index (Phi) is 3.14. The lowest BCUT2D eigenvalue weighted by atomic mass is 9.89. The average molecular weight is 225 g/mol. The van der Waals surface area contributed by atoms with Crippen molar-refractivity contribution in [3.63, 3.8) is 0 Å². The van der Waals surface area contributed by atoms with Crippen molar-refractivity contribution >= 4 is 11.3 Å². The molecule has 1 N–H and O–H groups in total. The molecule has 0 bridgehead atoms. The molecule has 0 aliphatic carbocycles. The molecule has 1 aliphatic heterocycles. The molecule has 2 heterocycles. The molecular formula is C12H19NOS. The molecule has 84 valence electrons. The summed E-state index contributed by atoms with van der Waals surface area (Å²) >= 11 is 1.81. The van der Waals surface area contributed by atoms with Crippen molar-refractivity contribution in [3.8, 4) is 0 Å². The zero-order chi connectivity index (χ0) is 10.9. The minimum absolute atomic E-state index is 0.0255. The van der Waals surface area contributed by atoms with Crippen LogP contribution in [0.3, 0.4) is 0 Å². The molecule has 0 aromatic carbocycles. The number of rotatable bonds is 3. The summed E-state index contributed by atoms with van der Waals surface area (Å²) in [6.07, 6.45) is 2.32. The monoisotopic (exact) mass is 225 g/mol. The van der Waals surface area contributed by atoms with E-state index in [9.17, 15) is 0 Å². The van der Waals surface area contributed by atoms with Crippen LogP contribution in [-0.2, 0) is 4.74 Å². The van der Waals surface area contributed by atoms with Crippen molar-refractivity contribution < 1.29 is 4.74 Å². The van der Waals surface area contributed by atoms with Gasteiger partial charge in [-0.2, -0.15) is 0 Å². The van der Waals surface area contributed by atoms with Gasteiger partial charge in [0.25, 0.3) is 0 Å². The van der Waals surface area contributed by atoms with E-state index in [0.717, 1.165) is 13.0 Å². The average Bonchev–Trinajstić information content (AvgIpc) is 2.78. The van der Waals surface area contributed by atoms with Crippen molar-refractivity contribution in [1.82, 2.24) is 5.32 Å². The lowest BCUT2D eigenvalue weighted by Gasteiger charge is -2.32. The van der Waals surface area contributed by atoms with Crippen LogP contribution in [0.15, 0.2) is 11.4 Å². The number of ether oxygens (including phenoxy) is 1. The quantitative estimate of drug-likeness (QED) is 0.854. The van der Waals surface area contributed by atoms with Crippen molar-refractivity contribution in [2.24, 2.45) is 0 Å². The molecule has 1 aromatic heterocycles. The fourth-order valence-electron chi connectivity index (χ4n) is 2.47. The molecule has 2 atom stereocenters. The normalized spacial score (nSPS) is 28.2. The summed E-state index contributed by atoms with van der Waals surface area (Å²) in [7, 11) is 2.02. The minimum atomic E-state index is -0.0255. The van der Waals surface area contributed by atoms with E-state index in [1.807, 2.05) is 18.4 Å². The summed E-state index contributed by atoms with van der Waals surface area (Å²) in [4.78, 5) is 1.37. The Bertz CT molecular complexity index is 328. The predicted octanol–water partition coefficient (Wildman–Crippen LogP) is 2.89. The van der Waals surface area contributed by atoms with E-state index in [4.69, 9.17) is 4.74 Å². The highest BCUT2D eigenvalue weighted by Crippen LogP contribution is 2.38. The van der Waals surface area contributed by atoms with Crippen LogP contribution in [0.25, 0.3) is 0 Å². The first-order valence-electron chi connectivity index (χ1n) is 5.52. The standard InChI is InChI=1S/C12H19NOS/c1-9-7-10(8-15-9)11(13-3)12(2)5-4-6-14-12/h7-8,11,13H,4-6H2,1-3H3. The van der Waals surface area contributed by atoms with Crippen LogP contribution >= 0.6 is 11.3 Å². The van der Waals surface area contributed by atoms with E-state index in [1.165, 1.54) is 16.9 Å². The number of hydrogen-bond acceptors (Lipinski definition) is 3. The third-order valence-corrected chi connectivity index (χ3v) is 4.11. The van der Waals surface area contributed by atoms with Crippen LogP contribution in [0, 0.1) is 6.92 Å². The molecule has 15 heavy (non-hydrogen) atoms. The Balaban J connectivity index is 2.23. The van der Waals surface area contributed by atoms with Gasteiger partial charge in [0.05, 0.1) is 11.6 Å². The first-order chi connectivity index (χ1) is 7.15. The van der Waals surface area contributed by atoms with Crippen molar-refractivity contribution in [3.05, 3.63) is 21.9 Å². The molecule has 2 rings (SSSR count). The zero-order valence-electron chi connectivity index (χ0n) is 9.67. The lowest BCUT2D eigenvalue weighted by Crippen LogP contribution is -2.39. The number of nitrogens with one attached hydrogen (secondary N) is 1. The molecule has 1 aliphatic rings. The van der Waals surface area contributed by atoms with Crippen LogP contribution in [0.1, 0.15) is 36.2 Å². The van der Waals surface area contributed by atoms with Crippen molar-refractivity contribution in [2.45, 2.75) is 38.3 Å². The maximum atomic E-state index is 5.90. The molecule has 1 saturated heterocycles. The first kappa shape index (κ1) is 11.1. The Morgan fingerprint density at radius 1 is 1.60 bits per heavy atom. The molecule has 1 fully saturated rings. The molecule has 0 spiro atoms. The van der Waals surface area contributed by atoms with Crippen molar-refractivity contribution in [2.75, 3.05) is 13.7 Å². The van der Waals surface area contributed by atoms with Gasteiger partial charge in [-0.25, -0.2) is 0 Å². The lowest BCUT2D eigenvalue weighted by molar-refractivity contribution is -0.0103. The number of likely N-dealkylation sites (N-methyl/N-ethyl adjacent to an activating group) is 1. The van der Waals surface area contributed by atoms with Gasteiger partial charge in [0.1, 0.15) is 0 Å². The predicted molar refractivity (Wildman–Crippen MR) is 64.4 cm³/mol. The Morgan fingerprint density at radius 2 is 2.40 bits per heavy atom. The molecule has 2 unspecified atom stereocenters. The third kappa shape index (κ3) is 2.10. The zero-order valence-corrected chi connectivity index (χ0v) is 10.5. The first-order valence-corrected chi connectivity index (χ1v) is 6.40. The van der Waals surface area contributed by atoms with E-state index < -0.39 is 0 Å². The molecule has 0 amide bonds. The van der Waals surface area contributed by atoms with Crippen LogP contribution in [-0.4, -0.2) is 19.3 Å². The van der Waals surface area contributed by atoms with Crippen LogP contribution < -0.4 is 5.32 Å². The fraction of sp³-hybridized carbons (Fsp3) is 0.667. The summed E-state index contributed by atoms with van der Waals surface area (Å²) in [5, 5.41) is 5.64. The van der Waals surface area contributed by atoms with Gasteiger partial charge in [0.15, 0.2) is 0 Å². The highest BCUT2D eigenvalue weighted by Gasteiger charge is 2.38. The largest absolute Gasteiger partial charge is 0.373 e. The summed E-state index contributed by atoms with van der Waals surface area (Å²) in [6, 6.07) is 2.59. The SMILES string of the molecule is CNC(c1csc(C)c1)C1(C)CCCO1.